The lowest BCUT2D eigenvalue weighted by Gasteiger charge is -2.26. The number of carbonyl (C=O) groups is 2. The maximum atomic E-state index is 13.9. The average molecular weight is 631 g/mol. The lowest BCUT2D eigenvalue weighted by Crippen LogP contribution is -2.43. The Hall–Kier alpha value is -4.52. The zero-order valence-corrected chi connectivity index (χ0v) is 25.8. The van der Waals surface area contributed by atoms with Crippen molar-refractivity contribution in [3.8, 4) is 11.5 Å². The SMILES string of the molecule is COc1cc(/C=c2/sc3n(c2=O)[C@@H](c2cccs2)C(C(=O)Nc2ccccc2)=C(C)N=3)ccc1OCC(=O)N1CCOCC1. The number of morpholine rings is 1. The summed E-state index contributed by atoms with van der Waals surface area (Å²) < 4.78 is 18.7. The molecule has 0 radical (unpaired) electrons. The molecule has 4 heterocycles. The van der Waals surface area contributed by atoms with E-state index in [0.717, 1.165) is 4.88 Å². The maximum Gasteiger partial charge on any atom is 0.271 e. The smallest absolute Gasteiger partial charge is 0.271 e. The number of carbonyl (C=O) groups excluding carboxylic acids is 2. The van der Waals surface area contributed by atoms with Crippen molar-refractivity contribution in [3.05, 3.63) is 107 Å². The van der Waals surface area contributed by atoms with Crippen molar-refractivity contribution in [1.29, 1.82) is 0 Å². The number of thiophene rings is 1. The third kappa shape index (κ3) is 6.09. The third-order valence-electron chi connectivity index (χ3n) is 7.31. The van der Waals surface area contributed by atoms with Crippen LogP contribution in [-0.4, -0.2) is 61.3 Å². The second kappa shape index (κ2) is 13.0. The third-order valence-corrected chi connectivity index (χ3v) is 9.22. The number of methoxy groups -OCH3 is 1. The molecular formula is C32H30N4O6S2. The standard InChI is InChI=1S/C32H30N4O6S2/c1-20-28(30(38)34-22-7-4-3-5-8-22)29(25-9-6-16-43-25)36-31(39)26(44-32(36)33-20)18-21-10-11-23(24(17-21)40-2)42-19-27(37)35-12-14-41-15-13-35/h3-11,16-18,29H,12-15,19H2,1-2H3,(H,34,38)/b26-18+/t29-/m0/s1. The number of hydrogen-bond donors (Lipinski definition) is 1. The Bertz CT molecular complexity index is 1890. The van der Waals surface area contributed by atoms with Crippen molar-refractivity contribution in [2.24, 2.45) is 4.99 Å². The lowest BCUT2D eigenvalue weighted by molar-refractivity contribution is -0.137. The molecule has 1 atom stereocenters. The van der Waals surface area contributed by atoms with Crippen molar-refractivity contribution >= 4 is 46.3 Å². The molecule has 0 spiro atoms. The molecule has 0 aliphatic carbocycles. The van der Waals surface area contributed by atoms with Crippen molar-refractivity contribution in [2.45, 2.75) is 13.0 Å². The van der Waals surface area contributed by atoms with E-state index < -0.39 is 6.04 Å². The number of aromatic nitrogens is 1. The number of hydrogen-bond acceptors (Lipinski definition) is 9. The average Bonchev–Trinajstić information content (AvgIpc) is 3.68. The molecule has 0 bridgehead atoms. The van der Waals surface area contributed by atoms with Gasteiger partial charge >= 0.3 is 0 Å². The van der Waals surface area contributed by atoms with Crippen LogP contribution in [0.5, 0.6) is 11.5 Å². The number of fused-ring (bicyclic) bond motifs is 1. The molecule has 44 heavy (non-hydrogen) atoms. The summed E-state index contributed by atoms with van der Waals surface area (Å²) in [5, 5.41) is 4.89. The van der Waals surface area contributed by atoms with Gasteiger partial charge in [-0.3, -0.25) is 19.0 Å². The lowest BCUT2D eigenvalue weighted by atomic mass is 10.0. The van der Waals surface area contributed by atoms with Gasteiger partial charge in [0.1, 0.15) is 6.04 Å². The Morgan fingerprint density at radius 2 is 1.89 bits per heavy atom. The highest BCUT2D eigenvalue weighted by molar-refractivity contribution is 7.10. The van der Waals surface area contributed by atoms with E-state index in [4.69, 9.17) is 19.2 Å². The van der Waals surface area contributed by atoms with Gasteiger partial charge in [0, 0.05) is 23.7 Å². The largest absolute Gasteiger partial charge is 0.493 e. The summed E-state index contributed by atoms with van der Waals surface area (Å²) in [5.41, 5.74) is 2.10. The molecule has 2 amide bonds. The summed E-state index contributed by atoms with van der Waals surface area (Å²) in [4.78, 5) is 47.8. The summed E-state index contributed by atoms with van der Waals surface area (Å²) >= 11 is 2.74. The van der Waals surface area contributed by atoms with E-state index in [2.05, 4.69) is 5.32 Å². The minimum Gasteiger partial charge on any atom is -0.493 e. The number of nitrogens with zero attached hydrogens (tertiary/aromatic N) is 3. The second-order valence-electron chi connectivity index (χ2n) is 10.1. The van der Waals surface area contributed by atoms with E-state index in [1.165, 1.54) is 29.8 Å². The van der Waals surface area contributed by atoms with E-state index in [1.54, 1.807) is 40.7 Å². The highest BCUT2D eigenvalue weighted by Crippen LogP contribution is 2.33. The first-order chi connectivity index (χ1) is 21.4. The van der Waals surface area contributed by atoms with Gasteiger partial charge in [0.25, 0.3) is 17.4 Å². The molecule has 12 heteroatoms. The molecule has 0 unspecified atom stereocenters. The maximum absolute atomic E-state index is 13.9. The van der Waals surface area contributed by atoms with Crippen LogP contribution >= 0.6 is 22.7 Å². The number of para-hydroxylation sites is 1. The minimum absolute atomic E-state index is 0.115. The van der Waals surface area contributed by atoms with Crippen LogP contribution in [0, 0.1) is 0 Å². The van der Waals surface area contributed by atoms with Crippen LogP contribution in [0.15, 0.2) is 87.1 Å². The zero-order chi connectivity index (χ0) is 30.6. The van der Waals surface area contributed by atoms with Gasteiger partial charge in [-0.05, 0) is 54.3 Å². The van der Waals surface area contributed by atoms with Gasteiger partial charge in [0.2, 0.25) is 0 Å². The van der Waals surface area contributed by atoms with Gasteiger partial charge < -0.3 is 24.4 Å². The number of amides is 2. The van der Waals surface area contributed by atoms with Gasteiger partial charge in [-0.2, -0.15) is 0 Å². The molecule has 2 aromatic carbocycles. The minimum atomic E-state index is -0.619. The van der Waals surface area contributed by atoms with E-state index in [9.17, 15) is 14.4 Å². The molecule has 1 N–H and O–H groups in total. The first-order valence-electron chi connectivity index (χ1n) is 14.0. The fourth-order valence-electron chi connectivity index (χ4n) is 5.14. The quantitative estimate of drug-likeness (QED) is 0.320. The Balaban J connectivity index is 1.31. The molecule has 6 rings (SSSR count). The number of anilines is 1. The predicted octanol–water partition coefficient (Wildman–Crippen LogP) is 3.18. The fraction of sp³-hybridized carbons (Fsp3) is 0.250. The molecule has 2 aliphatic heterocycles. The molecule has 10 nitrogen and oxygen atoms in total. The molecule has 0 saturated carbocycles. The highest BCUT2D eigenvalue weighted by atomic mass is 32.1. The Kier molecular flexibility index (Phi) is 8.73. The van der Waals surface area contributed by atoms with Crippen molar-refractivity contribution in [2.75, 3.05) is 45.3 Å². The van der Waals surface area contributed by atoms with Gasteiger partial charge in [0.15, 0.2) is 22.9 Å². The fourth-order valence-corrected chi connectivity index (χ4v) is 7.01. The van der Waals surface area contributed by atoms with E-state index in [-0.39, 0.29) is 24.0 Å². The predicted molar refractivity (Wildman–Crippen MR) is 169 cm³/mol. The molecule has 1 fully saturated rings. The van der Waals surface area contributed by atoms with Crippen LogP contribution < -0.4 is 29.7 Å². The van der Waals surface area contributed by atoms with Crippen LogP contribution in [-0.2, 0) is 14.3 Å². The van der Waals surface area contributed by atoms with Gasteiger partial charge in [-0.1, -0.05) is 41.7 Å². The summed E-state index contributed by atoms with van der Waals surface area (Å²) in [7, 11) is 1.52. The first-order valence-corrected chi connectivity index (χ1v) is 15.7. The van der Waals surface area contributed by atoms with Gasteiger partial charge in [0.05, 0.1) is 36.1 Å². The van der Waals surface area contributed by atoms with Crippen molar-refractivity contribution in [1.82, 2.24) is 9.47 Å². The van der Waals surface area contributed by atoms with E-state index in [1.807, 2.05) is 47.8 Å². The number of ether oxygens (including phenoxy) is 3. The molecule has 4 aromatic rings. The molecule has 226 valence electrons. The van der Waals surface area contributed by atoms with Crippen LogP contribution in [0.4, 0.5) is 5.69 Å². The summed E-state index contributed by atoms with van der Waals surface area (Å²) in [6.45, 7) is 3.81. The Labute approximate surface area is 261 Å². The summed E-state index contributed by atoms with van der Waals surface area (Å²) in [6, 6.07) is 17.7. The number of allylic oxidation sites excluding steroid dienone is 1. The van der Waals surface area contributed by atoms with Crippen LogP contribution in [0.25, 0.3) is 6.08 Å². The number of rotatable bonds is 8. The molecular weight excluding hydrogens is 601 g/mol. The first kappa shape index (κ1) is 29.5. The Morgan fingerprint density at radius 3 is 2.61 bits per heavy atom. The molecule has 2 aromatic heterocycles. The number of thiazole rings is 1. The van der Waals surface area contributed by atoms with Gasteiger partial charge in [-0.25, -0.2) is 4.99 Å². The normalized spacial score (nSPS) is 16.7. The molecule has 2 aliphatic rings. The number of benzene rings is 2. The van der Waals surface area contributed by atoms with Gasteiger partial charge in [-0.15, -0.1) is 11.3 Å². The van der Waals surface area contributed by atoms with Crippen molar-refractivity contribution < 1.29 is 23.8 Å². The van der Waals surface area contributed by atoms with E-state index in [0.29, 0.717) is 69.7 Å². The van der Waals surface area contributed by atoms with Crippen LogP contribution in [0.3, 0.4) is 0 Å². The zero-order valence-electron chi connectivity index (χ0n) is 24.1. The topological polar surface area (TPSA) is 111 Å². The second-order valence-corrected chi connectivity index (χ2v) is 12.1. The molecule has 1 saturated heterocycles. The number of nitrogens with one attached hydrogen (secondary N) is 1. The summed E-state index contributed by atoms with van der Waals surface area (Å²) in [5.74, 6) is 0.439. The van der Waals surface area contributed by atoms with Crippen LogP contribution in [0.1, 0.15) is 23.4 Å². The Morgan fingerprint density at radius 1 is 1.09 bits per heavy atom. The summed E-state index contributed by atoms with van der Waals surface area (Å²) in [6.07, 6.45) is 1.77. The van der Waals surface area contributed by atoms with E-state index >= 15 is 0 Å². The van der Waals surface area contributed by atoms with Crippen LogP contribution in [0.2, 0.25) is 0 Å². The van der Waals surface area contributed by atoms with Crippen molar-refractivity contribution in [3.63, 3.8) is 0 Å². The highest BCUT2D eigenvalue weighted by Gasteiger charge is 2.33. The monoisotopic (exact) mass is 630 g/mol.